The third-order valence-corrected chi connectivity index (χ3v) is 2.97. The molecule has 0 bridgehead atoms. The van der Waals surface area contributed by atoms with Gasteiger partial charge in [0, 0.05) is 11.8 Å². The second-order valence-electron chi connectivity index (χ2n) is 4.13. The molecule has 90 valence electrons. The van der Waals surface area contributed by atoms with Crippen molar-refractivity contribution in [2.75, 3.05) is 0 Å². The molecular weight excluding hydrogens is 242 g/mol. The van der Waals surface area contributed by atoms with E-state index in [2.05, 4.69) is 24.9 Å². The zero-order valence-corrected chi connectivity index (χ0v) is 9.65. The molecule has 2 aliphatic rings. The van der Waals surface area contributed by atoms with Crippen LogP contribution in [0.2, 0.25) is 0 Å². The molecule has 0 radical (unpaired) electrons. The van der Waals surface area contributed by atoms with Crippen LogP contribution in [0.5, 0.6) is 5.75 Å². The summed E-state index contributed by atoms with van der Waals surface area (Å²) in [5.74, 6) is 0.622. The molecule has 0 spiro atoms. The lowest BCUT2D eigenvalue weighted by Gasteiger charge is -2.02. The standard InChI is InChI=1S/C13H7N5O/c19-9-3-1-2-7-4-15-11(10(7)9)13-17-8-5-14-6-16-12(8)18-13/h1-6,19H. The van der Waals surface area contributed by atoms with Crippen molar-refractivity contribution in [3.63, 3.8) is 0 Å². The summed E-state index contributed by atoms with van der Waals surface area (Å²) < 4.78 is 0. The van der Waals surface area contributed by atoms with Crippen molar-refractivity contribution in [1.82, 2.24) is 9.97 Å². The molecule has 6 nitrogen and oxygen atoms in total. The number of hydrogen-bond donors (Lipinski definition) is 1. The van der Waals surface area contributed by atoms with Crippen molar-refractivity contribution < 1.29 is 5.11 Å². The molecule has 19 heavy (non-hydrogen) atoms. The van der Waals surface area contributed by atoms with Crippen molar-refractivity contribution >= 4 is 11.9 Å². The van der Waals surface area contributed by atoms with Crippen LogP contribution in [0.3, 0.4) is 0 Å². The second-order valence-corrected chi connectivity index (χ2v) is 4.13. The van der Waals surface area contributed by atoms with Crippen LogP contribution in [0, 0.1) is 0 Å². The molecule has 4 rings (SSSR count). The summed E-state index contributed by atoms with van der Waals surface area (Å²) in [5.41, 5.74) is 2.60. The van der Waals surface area contributed by atoms with Crippen molar-refractivity contribution in [2.45, 2.75) is 0 Å². The van der Waals surface area contributed by atoms with Crippen molar-refractivity contribution in [1.29, 1.82) is 0 Å². The lowest BCUT2D eigenvalue weighted by atomic mass is 10.1. The third-order valence-electron chi connectivity index (χ3n) is 2.97. The maximum atomic E-state index is 9.95. The largest absolute Gasteiger partial charge is 0.507 e. The van der Waals surface area contributed by atoms with Gasteiger partial charge in [-0.3, -0.25) is 4.99 Å². The molecular formula is C13H7N5O. The van der Waals surface area contributed by atoms with E-state index in [9.17, 15) is 5.11 Å². The Bertz CT molecular complexity index is 845. The number of aromatic hydroxyl groups is 1. The van der Waals surface area contributed by atoms with Gasteiger partial charge in [-0.25, -0.2) is 20.0 Å². The molecule has 6 heteroatoms. The molecule has 0 amide bonds. The molecule has 1 aromatic carbocycles. The second kappa shape index (κ2) is 3.55. The van der Waals surface area contributed by atoms with Crippen molar-refractivity contribution in [3.8, 4) is 5.75 Å². The highest BCUT2D eigenvalue weighted by molar-refractivity contribution is 5.99. The van der Waals surface area contributed by atoms with E-state index in [1.807, 2.05) is 6.07 Å². The van der Waals surface area contributed by atoms with Gasteiger partial charge in [-0.15, -0.1) is 0 Å². The maximum Gasteiger partial charge on any atom is 0.183 e. The molecule has 0 unspecified atom stereocenters. The highest BCUT2D eigenvalue weighted by atomic mass is 16.3. The summed E-state index contributed by atoms with van der Waals surface area (Å²) in [5, 5.41) is 10.6. The Kier molecular flexibility index (Phi) is 1.88. The van der Waals surface area contributed by atoms with Gasteiger partial charge < -0.3 is 5.11 Å². The maximum absolute atomic E-state index is 9.95. The van der Waals surface area contributed by atoms with Crippen LogP contribution >= 0.6 is 0 Å². The van der Waals surface area contributed by atoms with E-state index < -0.39 is 0 Å². The van der Waals surface area contributed by atoms with E-state index in [0.717, 1.165) is 5.56 Å². The quantitative estimate of drug-likeness (QED) is 0.723. The Hall–Kier alpha value is -2.89. The molecule has 1 N–H and O–H groups in total. The Balaban J connectivity index is 2.01. The SMILES string of the molecule is Oc1cccc2c1C(=C1N=c3cncnc3=N1)N=C2. The predicted octanol–water partition coefficient (Wildman–Crippen LogP) is 0.194. The van der Waals surface area contributed by atoms with Crippen LogP contribution < -0.4 is 10.8 Å². The normalized spacial score (nSPS) is 18.7. The number of phenols is 1. The zero-order valence-electron chi connectivity index (χ0n) is 9.65. The van der Waals surface area contributed by atoms with Gasteiger partial charge in [0.1, 0.15) is 23.1 Å². The van der Waals surface area contributed by atoms with Crippen molar-refractivity contribution in [2.24, 2.45) is 15.0 Å². The van der Waals surface area contributed by atoms with Crippen molar-refractivity contribution in [3.05, 3.63) is 58.5 Å². The lowest BCUT2D eigenvalue weighted by molar-refractivity contribution is 0.473. The number of rotatable bonds is 0. The van der Waals surface area contributed by atoms with E-state index in [1.165, 1.54) is 6.33 Å². The monoisotopic (exact) mass is 249 g/mol. The summed E-state index contributed by atoms with van der Waals surface area (Å²) in [6.45, 7) is 0. The Labute approximate surface area is 107 Å². The summed E-state index contributed by atoms with van der Waals surface area (Å²) in [7, 11) is 0. The molecule has 2 aliphatic heterocycles. The van der Waals surface area contributed by atoms with Gasteiger partial charge in [0.05, 0.1) is 11.8 Å². The molecule has 0 atom stereocenters. The van der Waals surface area contributed by atoms with E-state index in [1.54, 1.807) is 24.5 Å². The fourth-order valence-electron chi connectivity index (χ4n) is 2.12. The van der Waals surface area contributed by atoms with E-state index in [0.29, 0.717) is 27.9 Å². The molecule has 3 heterocycles. The van der Waals surface area contributed by atoms with Crippen LogP contribution in [0.15, 0.2) is 51.5 Å². The minimum atomic E-state index is 0.171. The van der Waals surface area contributed by atoms with Gasteiger partial charge >= 0.3 is 0 Å². The minimum absolute atomic E-state index is 0.171. The first kappa shape index (κ1) is 10.1. The average Bonchev–Trinajstić information content (AvgIpc) is 3.02. The van der Waals surface area contributed by atoms with Crippen LogP contribution in [-0.2, 0) is 0 Å². The molecule has 0 fully saturated rings. The van der Waals surface area contributed by atoms with Gasteiger partial charge in [-0.2, -0.15) is 0 Å². The van der Waals surface area contributed by atoms with E-state index >= 15 is 0 Å². The Morgan fingerprint density at radius 1 is 1.11 bits per heavy atom. The first-order valence-corrected chi connectivity index (χ1v) is 5.67. The van der Waals surface area contributed by atoms with Crippen LogP contribution in [-0.4, -0.2) is 21.3 Å². The summed E-state index contributed by atoms with van der Waals surface area (Å²) in [6, 6.07) is 5.28. The minimum Gasteiger partial charge on any atom is -0.507 e. The average molecular weight is 249 g/mol. The summed E-state index contributed by atoms with van der Waals surface area (Å²) in [4.78, 5) is 20.9. The molecule has 1 aromatic heterocycles. The van der Waals surface area contributed by atoms with Crippen LogP contribution in [0.1, 0.15) is 11.1 Å². The predicted molar refractivity (Wildman–Crippen MR) is 67.0 cm³/mol. The lowest BCUT2D eigenvalue weighted by Crippen LogP contribution is -2.25. The molecule has 0 saturated heterocycles. The van der Waals surface area contributed by atoms with E-state index in [-0.39, 0.29) is 5.75 Å². The first-order chi connectivity index (χ1) is 9.33. The highest BCUT2D eigenvalue weighted by Gasteiger charge is 2.21. The smallest absolute Gasteiger partial charge is 0.183 e. The third kappa shape index (κ3) is 1.40. The number of benzene rings is 1. The number of phenolic OH excluding ortho intramolecular Hbond substituents is 1. The summed E-state index contributed by atoms with van der Waals surface area (Å²) >= 11 is 0. The van der Waals surface area contributed by atoms with E-state index in [4.69, 9.17) is 0 Å². The van der Waals surface area contributed by atoms with Crippen LogP contribution in [0.25, 0.3) is 5.70 Å². The molecule has 0 saturated carbocycles. The fourth-order valence-corrected chi connectivity index (χ4v) is 2.12. The summed E-state index contributed by atoms with van der Waals surface area (Å²) in [6.07, 6.45) is 4.72. The Morgan fingerprint density at radius 3 is 2.95 bits per heavy atom. The Morgan fingerprint density at radius 2 is 2.05 bits per heavy atom. The number of nitrogens with zero attached hydrogens (tertiary/aromatic N) is 5. The molecule has 2 aromatic rings. The van der Waals surface area contributed by atoms with Gasteiger partial charge in [-0.05, 0) is 6.07 Å². The number of hydrogen-bond acceptors (Lipinski definition) is 6. The van der Waals surface area contributed by atoms with Gasteiger partial charge in [0.2, 0.25) is 0 Å². The zero-order chi connectivity index (χ0) is 12.8. The number of aromatic nitrogens is 2. The van der Waals surface area contributed by atoms with Gasteiger partial charge in [0.25, 0.3) is 0 Å². The number of aliphatic imine (C=N–C) groups is 1. The topological polar surface area (TPSA) is 83.1 Å². The van der Waals surface area contributed by atoms with Crippen LogP contribution in [0.4, 0.5) is 0 Å². The highest BCUT2D eigenvalue weighted by Crippen LogP contribution is 2.35. The first-order valence-electron chi connectivity index (χ1n) is 5.67. The van der Waals surface area contributed by atoms with Gasteiger partial charge in [0.15, 0.2) is 11.3 Å². The van der Waals surface area contributed by atoms with Gasteiger partial charge in [-0.1, -0.05) is 12.1 Å². The molecule has 0 aliphatic carbocycles. The number of fused-ring (bicyclic) bond motifs is 2. The fraction of sp³-hybridized carbons (Fsp3) is 0.